The highest BCUT2D eigenvalue weighted by atomic mass is 35.5. The molecule has 0 aliphatic heterocycles. The zero-order valence-electron chi connectivity index (χ0n) is 11.9. The Kier molecular flexibility index (Phi) is 5.55. The summed E-state index contributed by atoms with van der Waals surface area (Å²) in [6.45, 7) is 5.37. The minimum atomic E-state index is 0.555. The van der Waals surface area contributed by atoms with E-state index < -0.39 is 0 Å². The normalized spacial score (nSPS) is 11.2. The van der Waals surface area contributed by atoms with Gasteiger partial charge in [0.2, 0.25) is 5.89 Å². The Labute approximate surface area is 123 Å². The van der Waals surface area contributed by atoms with Crippen molar-refractivity contribution in [1.82, 2.24) is 25.4 Å². The molecule has 0 bridgehead atoms. The zero-order chi connectivity index (χ0) is 14.4. The number of aryl methyl sites for hydroxylation is 2. The number of rotatable bonds is 8. The molecule has 0 radical (unpaired) electrons. The molecule has 0 amide bonds. The van der Waals surface area contributed by atoms with Crippen molar-refractivity contribution < 1.29 is 4.52 Å². The maximum atomic E-state index is 6.10. The first-order valence-electron chi connectivity index (χ1n) is 6.92. The minimum Gasteiger partial charge on any atom is -0.344 e. The quantitative estimate of drug-likeness (QED) is 0.732. The highest BCUT2D eigenvalue weighted by molar-refractivity contribution is 6.30. The van der Waals surface area contributed by atoms with Gasteiger partial charge < -0.3 is 14.8 Å². The SMILES string of the molecule is CCCCc1nc(Cl)c(CNCCc2noc(C)n2)[nH]1. The fourth-order valence-electron chi connectivity index (χ4n) is 1.88. The van der Waals surface area contributed by atoms with Crippen LogP contribution in [0, 0.1) is 6.92 Å². The van der Waals surface area contributed by atoms with Crippen LogP contribution in [0.1, 0.15) is 43.0 Å². The Morgan fingerprint density at radius 3 is 2.85 bits per heavy atom. The largest absolute Gasteiger partial charge is 0.344 e. The van der Waals surface area contributed by atoms with Gasteiger partial charge in [0.15, 0.2) is 11.0 Å². The summed E-state index contributed by atoms with van der Waals surface area (Å²) in [7, 11) is 0. The summed E-state index contributed by atoms with van der Waals surface area (Å²) in [6.07, 6.45) is 3.94. The maximum Gasteiger partial charge on any atom is 0.223 e. The van der Waals surface area contributed by atoms with E-state index >= 15 is 0 Å². The van der Waals surface area contributed by atoms with Gasteiger partial charge in [-0.05, 0) is 6.42 Å². The van der Waals surface area contributed by atoms with Crippen molar-refractivity contribution in [2.24, 2.45) is 0 Å². The number of hydrogen-bond acceptors (Lipinski definition) is 5. The van der Waals surface area contributed by atoms with Crippen molar-refractivity contribution >= 4 is 11.6 Å². The van der Waals surface area contributed by atoms with Crippen molar-refractivity contribution in [2.75, 3.05) is 6.54 Å². The molecule has 0 aliphatic rings. The third-order valence-corrected chi connectivity index (χ3v) is 3.25. The molecule has 0 fully saturated rings. The van der Waals surface area contributed by atoms with E-state index in [9.17, 15) is 0 Å². The summed E-state index contributed by atoms with van der Waals surface area (Å²) in [4.78, 5) is 11.7. The van der Waals surface area contributed by atoms with Gasteiger partial charge in [0, 0.05) is 32.9 Å². The molecule has 0 saturated heterocycles. The zero-order valence-corrected chi connectivity index (χ0v) is 12.6. The van der Waals surface area contributed by atoms with Gasteiger partial charge in [-0.1, -0.05) is 30.1 Å². The van der Waals surface area contributed by atoms with Crippen molar-refractivity contribution in [2.45, 2.75) is 46.1 Å². The van der Waals surface area contributed by atoms with Crippen molar-refractivity contribution in [3.8, 4) is 0 Å². The molecule has 0 saturated carbocycles. The van der Waals surface area contributed by atoms with Crippen LogP contribution < -0.4 is 5.32 Å². The molecule has 110 valence electrons. The van der Waals surface area contributed by atoms with E-state index in [-0.39, 0.29) is 0 Å². The average Bonchev–Trinajstić information content (AvgIpc) is 2.99. The molecular weight excluding hydrogens is 278 g/mol. The topological polar surface area (TPSA) is 79.6 Å². The van der Waals surface area contributed by atoms with Gasteiger partial charge in [-0.15, -0.1) is 0 Å². The highest BCUT2D eigenvalue weighted by Crippen LogP contribution is 2.13. The average molecular weight is 298 g/mol. The summed E-state index contributed by atoms with van der Waals surface area (Å²) in [5.74, 6) is 2.27. The Morgan fingerprint density at radius 1 is 1.30 bits per heavy atom. The van der Waals surface area contributed by atoms with Gasteiger partial charge in [0.25, 0.3) is 0 Å². The van der Waals surface area contributed by atoms with Crippen LogP contribution in [0.2, 0.25) is 5.15 Å². The van der Waals surface area contributed by atoms with Crippen LogP contribution in [-0.2, 0) is 19.4 Å². The van der Waals surface area contributed by atoms with Gasteiger partial charge in [-0.2, -0.15) is 4.98 Å². The lowest BCUT2D eigenvalue weighted by Gasteiger charge is -2.01. The second-order valence-electron chi connectivity index (χ2n) is 4.71. The predicted octanol–water partition coefficient (Wildman–Crippen LogP) is 2.43. The molecule has 2 aromatic heterocycles. The fourth-order valence-corrected chi connectivity index (χ4v) is 2.09. The number of aromatic nitrogens is 4. The second kappa shape index (κ2) is 7.40. The lowest BCUT2D eigenvalue weighted by Crippen LogP contribution is -2.17. The van der Waals surface area contributed by atoms with Gasteiger partial charge in [-0.25, -0.2) is 4.98 Å². The molecule has 0 unspecified atom stereocenters. The number of aromatic amines is 1. The molecule has 0 aromatic carbocycles. The summed E-state index contributed by atoms with van der Waals surface area (Å²) >= 11 is 6.10. The Balaban J connectivity index is 1.74. The fraction of sp³-hybridized carbons (Fsp3) is 0.615. The minimum absolute atomic E-state index is 0.555. The molecule has 7 heteroatoms. The Bertz CT molecular complexity index is 537. The maximum absolute atomic E-state index is 6.10. The van der Waals surface area contributed by atoms with E-state index in [1.54, 1.807) is 6.92 Å². The number of H-pyrrole nitrogens is 1. The standard InChI is InChI=1S/C13H20ClN5O/c1-3-4-5-11-17-10(13(14)18-11)8-15-7-6-12-16-9(2)20-19-12/h15H,3-8H2,1-2H3,(H,17,18). The monoisotopic (exact) mass is 297 g/mol. The number of nitrogens with zero attached hydrogens (tertiary/aromatic N) is 3. The van der Waals surface area contributed by atoms with Crippen LogP contribution in [0.4, 0.5) is 0 Å². The molecule has 2 heterocycles. The first kappa shape index (κ1) is 15.0. The van der Waals surface area contributed by atoms with Crippen LogP contribution in [0.25, 0.3) is 0 Å². The summed E-state index contributed by atoms with van der Waals surface area (Å²) < 4.78 is 4.91. The van der Waals surface area contributed by atoms with E-state index in [1.807, 2.05) is 0 Å². The number of unbranched alkanes of at least 4 members (excludes halogenated alkanes) is 1. The Hall–Kier alpha value is -1.40. The Morgan fingerprint density at radius 2 is 2.15 bits per heavy atom. The van der Waals surface area contributed by atoms with E-state index in [0.717, 1.165) is 43.7 Å². The lowest BCUT2D eigenvalue weighted by molar-refractivity contribution is 0.387. The molecule has 0 aliphatic carbocycles. The molecule has 0 atom stereocenters. The van der Waals surface area contributed by atoms with Crippen LogP contribution in [0.3, 0.4) is 0 Å². The third-order valence-electron chi connectivity index (χ3n) is 2.94. The molecule has 2 aromatic rings. The predicted molar refractivity (Wildman–Crippen MR) is 76.7 cm³/mol. The number of halogens is 1. The van der Waals surface area contributed by atoms with Crippen LogP contribution in [0.5, 0.6) is 0 Å². The molecule has 20 heavy (non-hydrogen) atoms. The molecule has 2 rings (SSSR count). The number of hydrogen-bond donors (Lipinski definition) is 2. The summed E-state index contributed by atoms with van der Waals surface area (Å²) in [5, 5.41) is 7.69. The van der Waals surface area contributed by atoms with Crippen LogP contribution >= 0.6 is 11.6 Å². The molecule has 0 spiro atoms. The molecule has 2 N–H and O–H groups in total. The number of imidazole rings is 1. The van der Waals surface area contributed by atoms with Gasteiger partial charge in [0.1, 0.15) is 5.82 Å². The van der Waals surface area contributed by atoms with Crippen molar-refractivity contribution in [3.63, 3.8) is 0 Å². The smallest absolute Gasteiger partial charge is 0.223 e. The van der Waals surface area contributed by atoms with Gasteiger partial charge >= 0.3 is 0 Å². The summed E-state index contributed by atoms with van der Waals surface area (Å²) in [6, 6.07) is 0. The molecular formula is C13H20ClN5O. The van der Waals surface area contributed by atoms with Crippen LogP contribution in [0.15, 0.2) is 4.52 Å². The molecule has 6 nitrogen and oxygen atoms in total. The summed E-state index contributed by atoms with van der Waals surface area (Å²) in [5.41, 5.74) is 0.932. The van der Waals surface area contributed by atoms with E-state index in [0.29, 0.717) is 23.4 Å². The van der Waals surface area contributed by atoms with E-state index in [4.69, 9.17) is 16.1 Å². The van der Waals surface area contributed by atoms with E-state index in [1.165, 1.54) is 0 Å². The van der Waals surface area contributed by atoms with Crippen LogP contribution in [-0.4, -0.2) is 26.7 Å². The van der Waals surface area contributed by atoms with Crippen molar-refractivity contribution in [3.05, 3.63) is 28.4 Å². The third kappa shape index (κ3) is 4.31. The first-order chi connectivity index (χ1) is 9.69. The first-order valence-corrected chi connectivity index (χ1v) is 7.30. The second-order valence-corrected chi connectivity index (χ2v) is 5.07. The number of nitrogens with one attached hydrogen (secondary N) is 2. The van der Waals surface area contributed by atoms with E-state index in [2.05, 4.69) is 32.3 Å². The lowest BCUT2D eigenvalue weighted by atomic mass is 10.2. The highest BCUT2D eigenvalue weighted by Gasteiger charge is 2.08. The van der Waals surface area contributed by atoms with Gasteiger partial charge in [0.05, 0.1) is 5.69 Å². The van der Waals surface area contributed by atoms with Crippen molar-refractivity contribution in [1.29, 1.82) is 0 Å². The van der Waals surface area contributed by atoms with Gasteiger partial charge in [-0.3, -0.25) is 0 Å².